The molecule has 2 aliphatic rings. The highest BCUT2D eigenvalue weighted by Crippen LogP contribution is 2.24. The summed E-state index contributed by atoms with van der Waals surface area (Å²) < 4.78 is 0. The number of fused-ring (bicyclic) bond motifs is 1. The minimum absolute atomic E-state index is 0.179. The molecular weight excluding hydrogens is 154 g/mol. The van der Waals surface area contributed by atoms with Crippen molar-refractivity contribution in [1.29, 1.82) is 0 Å². The zero-order valence-electron chi connectivity index (χ0n) is 7.08. The molecule has 1 amide bonds. The fourth-order valence-electron chi connectivity index (χ4n) is 2.12. The maximum atomic E-state index is 11.3. The fourth-order valence-corrected chi connectivity index (χ4v) is 2.12. The van der Waals surface area contributed by atoms with E-state index in [-0.39, 0.29) is 17.7 Å². The number of amides is 1. The highest BCUT2D eigenvalue weighted by atomic mass is 16.2. The van der Waals surface area contributed by atoms with Gasteiger partial charge in [-0.05, 0) is 12.8 Å². The number of hydrogen-bond acceptors (Lipinski definition) is 2. The number of ketones is 1. The molecule has 2 fully saturated rings. The molecule has 0 saturated carbocycles. The van der Waals surface area contributed by atoms with Gasteiger partial charge < -0.3 is 4.90 Å². The second-order valence-electron chi connectivity index (χ2n) is 3.63. The molecule has 0 radical (unpaired) electrons. The Kier molecular flexibility index (Phi) is 1.87. The average molecular weight is 167 g/mol. The molecule has 3 heteroatoms. The summed E-state index contributed by atoms with van der Waals surface area (Å²) in [5.74, 6) is -0.413. The summed E-state index contributed by atoms with van der Waals surface area (Å²) >= 11 is 0. The SMILES string of the molecule is O=C1CC2CCCCCN2C1=O. The van der Waals surface area contributed by atoms with Crippen LogP contribution in [0.4, 0.5) is 0 Å². The molecule has 2 heterocycles. The monoisotopic (exact) mass is 167 g/mol. The number of hydrogen-bond donors (Lipinski definition) is 0. The minimum Gasteiger partial charge on any atom is -0.333 e. The molecule has 0 aliphatic carbocycles. The lowest BCUT2D eigenvalue weighted by Gasteiger charge is -2.19. The summed E-state index contributed by atoms with van der Waals surface area (Å²) in [5, 5.41) is 0. The third kappa shape index (κ3) is 1.13. The number of Topliss-reactive ketones (excluding diaryl/α,β-unsaturated/α-hetero) is 1. The van der Waals surface area contributed by atoms with Gasteiger partial charge in [-0.1, -0.05) is 12.8 Å². The molecule has 2 aliphatic heterocycles. The second kappa shape index (κ2) is 2.88. The van der Waals surface area contributed by atoms with E-state index in [1.54, 1.807) is 4.90 Å². The first-order valence-corrected chi connectivity index (χ1v) is 4.63. The summed E-state index contributed by atoms with van der Waals surface area (Å²) in [6, 6.07) is 0.243. The van der Waals surface area contributed by atoms with E-state index in [0.29, 0.717) is 6.42 Å². The summed E-state index contributed by atoms with van der Waals surface area (Å²) in [4.78, 5) is 24.1. The Morgan fingerprint density at radius 3 is 2.83 bits per heavy atom. The van der Waals surface area contributed by atoms with Crippen LogP contribution in [0.3, 0.4) is 0 Å². The van der Waals surface area contributed by atoms with Gasteiger partial charge in [0.05, 0.1) is 0 Å². The maximum absolute atomic E-state index is 11.3. The normalized spacial score (nSPS) is 30.3. The van der Waals surface area contributed by atoms with E-state index in [1.165, 1.54) is 12.8 Å². The third-order valence-corrected chi connectivity index (χ3v) is 2.80. The second-order valence-corrected chi connectivity index (χ2v) is 3.63. The molecule has 2 rings (SSSR count). The smallest absolute Gasteiger partial charge is 0.290 e. The molecule has 66 valence electrons. The van der Waals surface area contributed by atoms with Gasteiger partial charge in [0.2, 0.25) is 5.78 Å². The maximum Gasteiger partial charge on any atom is 0.290 e. The largest absolute Gasteiger partial charge is 0.333 e. The molecule has 0 bridgehead atoms. The van der Waals surface area contributed by atoms with E-state index in [9.17, 15) is 9.59 Å². The molecule has 0 spiro atoms. The molecule has 0 aromatic carbocycles. The van der Waals surface area contributed by atoms with E-state index in [1.807, 2.05) is 0 Å². The van der Waals surface area contributed by atoms with Crippen LogP contribution >= 0.6 is 0 Å². The molecule has 0 aromatic rings. The van der Waals surface area contributed by atoms with Crippen LogP contribution in [0, 0.1) is 0 Å². The van der Waals surface area contributed by atoms with E-state index >= 15 is 0 Å². The van der Waals surface area contributed by atoms with Crippen molar-refractivity contribution in [2.24, 2.45) is 0 Å². The van der Waals surface area contributed by atoms with Gasteiger partial charge in [0, 0.05) is 19.0 Å². The lowest BCUT2D eigenvalue weighted by molar-refractivity contribution is -0.140. The molecule has 3 nitrogen and oxygen atoms in total. The van der Waals surface area contributed by atoms with Gasteiger partial charge in [0.1, 0.15) is 0 Å². The molecule has 12 heavy (non-hydrogen) atoms. The Balaban J connectivity index is 2.15. The van der Waals surface area contributed by atoms with Gasteiger partial charge in [-0.2, -0.15) is 0 Å². The number of carbonyl (C=O) groups excluding carboxylic acids is 2. The number of rotatable bonds is 0. The van der Waals surface area contributed by atoms with Gasteiger partial charge in [0.25, 0.3) is 5.91 Å². The molecular formula is C9H13NO2. The first-order chi connectivity index (χ1) is 5.79. The summed E-state index contributed by atoms with van der Waals surface area (Å²) in [7, 11) is 0. The molecule has 1 unspecified atom stereocenters. The lowest BCUT2D eigenvalue weighted by atomic mass is 10.1. The van der Waals surface area contributed by atoms with Crippen molar-refractivity contribution in [3.63, 3.8) is 0 Å². The average Bonchev–Trinajstić information content (AvgIpc) is 2.30. The van der Waals surface area contributed by atoms with Crippen molar-refractivity contribution in [1.82, 2.24) is 4.90 Å². The van der Waals surface area contributed by atoms with Crippen LogP contribution in [0.2, 0.25) is 0 Å². The Morgan fingerprint density at radius 2 is 2.00 bits per heavy atom. The third-order valence-electron chi connectivity index (χ3n) is 2.80. The molecule has 0 N–H and O–H groups in total. The van der Waals surface area contributed by atoms with E-state index in [2.05, 4.69) is 0 Å². The van der Waals surface area contributed by atoms with Gasteiger partial charge >= 0.3 is 0 Å². The van der Waals surface area contributed by atoms with Crippen LogP contribution in [0.1, 0.15) is 32.1 Å². The van der Waals surface area contributed by atoms with Crippen molar-refractivity contribution in [3.8, 4) is 0 Å². The Morgan fingerprint density at radius 1 is 1.17 bits per heavy atom. The van der Waals surface area contributed by atoms with Crippen molar-refractivity contribution in [2.75, 3.05) is 6.54 Å². The van der Waals surface area contributed by atoms with Gasteiger partial charge in [-0.15, -0.1) is 0 Å². The van der Waals surface area contributed by atoms with Crippen LogP contribution in [-0.4, -0.2) is 29.2 Å². The first kappa shape index (κ1) is 7.77. The van der Waals surface area contributed by atoms with Gasteiger partial charge in [-0.3, -0.25) is 9.59 Å². The number of carbonyl (C=O) groups is 2. The van der Waals surface area contributed by atoms with Crippen LogP contribution in [0.25, 0.3) is 0 Å². The van der Waals surface area contributed by atoms with Crippen molar-refractivity contribution < 1.29 is 9.59 Å². The van der Waals surface area contributed by atoms with Gasteiger partial charge in [0.15, 0.2) is 0 Å². The summed E-state index contributed by atoms with van der Waals surface area (Å²) in [5.41, 5.74) is 0. The van der Waals surface area contributed by atoms with E-state index < -0.39 is 0 Å². The van der Waals surface area contributed by atoms with E-state index in [0.717, 1.165) is 19.4 Å². The van der Waals surface area contributed by atoms with Crippen molar-refractivity contribution >= 4 is 11.7 Å². The van der Waals surface area contributed by atoms with Crippen molar-refractivity contribution in [2.45, 2.75) is 38.1 Å². The molecule has 0 aromatic heterocycles. The highest BCUT2D eigenvalue weighted by Gasteiger charge is 2.37. The van der Waals surface area contributed by atoms with Crippen molar-refractivity contribution in [3.05, 3.63) is 0 Å². The number of nitrogens with zero attached hydrogens (tertiary/aromatic N) is 1. The summed E-state index contributed by atoms with van der Waals surface area (Å²) in [6.07, 6.45) is 4.93. The molecule has 1 atom stereocenters. The quantitative estimate of drug-likeness (QED) is 0.499. The zero-order valence-corrected chi connectivity index (χ0v) is 7.08. The Bertz CT molecular complexity index is 225. The van der Waals surface area contributed by atoms with Crippen LogP contribution < -0.4 is 0 Å². The van der Waals surface area contributed by atoms with Crippen LogP contribution in [-0.2, 0) is 9.59 Å². The fraction of sp³-hybridized carbons (Fsp3) is 0.778. The predicted molar refractivity (Wildman–Crippen MR) is 43.6 cm³/mol. The standard InChI is InChI=1S/C9H13NO2/c11-8-6-7-4-2-1-3-5-10(7)9(8)12/h7H,1-6H2. The first-order valence-electron chi connectivity index (χ1n) is 4.63. The van der Waals surface area contributed by atoms with Crippen LogP contribution in [0.15, 0.2) is 0 Å². The Hall–Kier alpha value is -0.860. The summed E-state index contributed by atoms with van der Waals surface area (Å²) in [6.45, 7) is 0.801. The topological polar surface area (TPSA) is 37.4 Å². The van der Waals surface area contributed by atoms with E-state index in [4.69, 9.17) is 0 Å². The van der Waals surface area contributed by atoms with Crippen LogP contribution in [0.5, 0.6) is 0 Å². The van der Waals surface area contributed by atoms with Gasteiger partial charge in [-0.25, -0.2) is 0 Å². The Labute approximate surface area is 71.7 Å². The minimum atomic E-state index is -0.234. The highest BCUT2D eigenvalue weighted by molar-refractivity contribution is 6.38. The molecule has 2 saturated heterocycles. The predicted octanol–water partition coefficient (Wildman–Crippen LogP) is 0.730. The zero-order chi connectivity index (χ0) is 8.55. The lowest BCUT2D eigenvalue weighted by Crippen LogP contribution is -2.33.